The smallest absolute Gasteiger partial charge is 0.150 e. The number of hydrogen-bond acceptors (Lipinski definition) is 4. The number of nitrogens with zero attached hydrogens (tertiary/aromatic N) is 3. The third-order valence-electron chi connectivity index (χ3n) is 7.01. The molecule has 1 aliphatic carbocycles. The number of aromatic amines is 1. The van der Waals surface area contributed by atoms with Crippen molar-refractivity contribution in [3.63, 3.8) is 0 Å². The maximum Gasteiger partial charge on any atom is 0.150 e. The minimum atomic E-state index is -0.259. The maximum atomic E-state index is 13.5. The van der Waals surface area contributed by atoms with Crippen molar-refractivity contribution in [1.82, 2.24) is 19.4 Å². The quantitative estimate of drug-likeness (QED) is 0.340. The Morgan fingerprint density at radius 1 is 1.09 bits per heavy atom. The monoisotopic (exact) mass is 453 g/mol. The van der Waals surface area contributed by atoms with E-state index in [0.717, 1.165) is 76.7 Å². The minimum Gasteiger partial charge on any atom is -0.382 e. The normalized spacial score (nSPS) is 18.5. The van der Waals surface area contributed by atoms with E-state index in [4.69, 9.17) is 10.7 Å². The number of hydrogen-bond donors (Lipinski definition) is 2. The summed E-state index contributed by atoms with van der Waals surface area (Å²) in [6.45, 7) is 0. The molecule has 0 radical (unpaired) electrons. The van der Waals surface area contributed by atoms with Crippen LogP contribution in [-0.2, 0) is 4.79 Å². The molecule has 170 valence electrons. The Morgan fingerprint density at radius 2 is 1.88 bits per heavy atom. The van der Waals surface area contributed by atoms with Gasteiger partial charge in [-0.25, -0.2) is 14.4 Å². The Hall–Kier alpha value is -4.00. The van der Waals surface area contributed by atoms with Crippen molar-refractivity contribution in [1.29, 1.82) is 0 Å². The minimum absolute atomic E-state index is 0.146. The van der Waals surface area contributed by atoms with Crippen LogP contribution in [0.15, 0.2) is 60.9 Å². The van der Waals surface area contributed by atoms with E-state index in [0.29, 0.717) is 5.82 Å². The van der Waals surface area contributed by atoms with E-state index in [1.54, 1.807) is 18.3 Å². The molecule has 5 aromatic rings. The highest BCUT2D eigenvalue weighted by Crippen LogP contribution is 2.39. The molecule has 0 atom stereocenters. The Labute approximate surface area is 195 Å². The second kappa shape index (κ2) is 8.09. The summed E-state index contributed by atoms with van der Waals surface area (Å²) in [5.41, 5.74) is 11.6. The van der Waals surface area contributed by atoms with Gasteiger partial charge in [0.15, 0.2) is 0 Å². The summed E-state index contributed by atoms with van der Waals surface area (Å²) in [6.07, 6.45) is 8.30. The lowest BCUT2D eigenvalue weighted by molar-refractivity contribution is -0.111. The van der Waals surface area contributed by atoms with Crippen LogP contribution in [0, 0.1) is 11.7 Å². The lowest BCUT2D eigenvalue weighted by Crippen LogP contribution is -2.16. The van der Waals surface area contributed by atoms with Crippen LogP contribution in [-0.4, -0.2) is 25.6 Å². The van der Waals surface area contributed by atoms with Crippen molar-refractivity contribution in [2.45, 2.75) is 31.6 Å². The molecule has 7 heteroatoms. The number of para-hydroxylation sites is 1. The summed E-state index contributed by atoms with van der Waals surface area (Å²) in [6, 6.07) is 14.6. The molecule has 3 aromatic heterocycles. The standard InChI is InChI=1S/C27H24FN5O/c28-20-10-8-17(9-11-20)21-3-1-2-19-14-22(31-23(19)21)24-25-26(29)30-12-13-33(25)27(32-24)18-6-4-16(15-34)5-7-18/h1-3,8-16,18,31H,4-7H2,(H2,29,30). The second-order valence-corrected chi connectivity index (χ2v) is 9.06. The highest BCUT2D eigenvalue weighted by Gasteiger charge is 2.27. The number of carbonyl (C=O) groups excluding carboxylic acids is 1. The number of carbonyl (C=O) groups is 1. The van der Waals surface area contributed by atoms with Crippen molar-refractivity contribution in [3.8, 4) is 22.5 Å². The van der Waals surface area contributed by atoms with Crippen LogP contribution in [0.5, 0.6) is 0 Å². The number of rotatable bonds is 4. The van der Waals surface area contributed by atoms with Crippen LogP contribution in [0.25, 0.3) is 38.9 Å². The molecule has 6 rings (SSSR count). The van der Waals surface area contributed by atoms with E-state index in [2.05, 4.69) is 20.4 Å². The highest BCUT2D eigenvalue weighted by molar-refractivity contribution is 5.98. The van der Waals surface area contributed by atoms with Gasteiger partial charge in [0.2, 0.25) is 0 Å². The van der Waals surface area contributed by atoms with E-state index in [1.165, 1.54) is 12.1 Å². The largest absolute Gasteiger partial charge is 0.382 e. The number of aldehydes is 1. The molecule has 0 unspecified atom stereocenters. The molecule has 3 heterocycles. The molecule has 1 saturated carbocycles. The molecular weight excluding hydrogens is 429 g/mol. The maximum absolute atomic E-state index is 13.5. The third-order valence-corrected chi connectivity index (χ3v) is 7.01. The Balaban J connectivity index is 1.49. The van der Waals surface area contributed by atoms with E-state index in [9.17, 15) is 9.18 Å². The molecule has 0 spiro atoms. The molecule has 1 aliphatic rings. The van der Waals surface area contributed by atoms with Gasteiger partial charge >= 0.3 is 0 Å². The van der Waals surface area contributed by atoms with E-state index in [-0.39, 0.29) is 17.7 Å². The van der Waals surface area contributed by atoms with Gasteiger partial charge in [-0.1, -0.05) is 30.3 Å². The lowest BCUT2D eigenvalue weighted by Gasteiger charge is -2.24. The van der Waals surface area contributed by atoms with E-state index in [1.807, 2.05) is 24.4 Å². The number of nitrogens with one attached hydrogen (secondary N) is 1. The topological polar surface area (TPSA) is 89.1 Å². The molecule has 0 aliphatic heterocycles. The molecule has 6 nitrogen and oxygen atoms in total. The first-order valence-electron chi connectivity index (χ1n) is 11.6. The Bertz CT molecular complexity index is 1510. The van der Waals surface area contributed by atoms with Gasteiger partial charge in [-0.05, 0) is 49.4 Å². The second-order valence-electron chi connectivity index (χ2n) is 9.06. The van der Waals surface area contributed by atoms with Gasteiger partial charge in [-0.2, -0.15) is 0 Å². The number of nitrogen functional groups attached to an aromatic ring is 1. The summed E-state index contributed by atoms with van der Waals surface area (Å²) >= 11 is 0. The number of anilines is 1. The zero-order valence-corrected chi connectivity index (χ0v) is 18.5. The van der Waals surface area contributed by atoms with Gasteiger partial charge < -0.3 is 15.5 Å². The van der Waals surface area contributed by atoms with Crippen LogP contribution in [0.4, 0.5) is 10.2 Å². The summed E-state index contributed by atoms with van der Waals surface area (Å²) in [5, 5.41) is 1.04. The molecule has 1 fully saturated rings. The van der Waals surface area contributed by atoms with Gasteiger partial charge in [-0.15, -0.1) is 0 Å². The van der Waals surface area contributed by atoms with Crippen LogP contribution >= 0.6 is 0 Å². The zero-order chi connectivity index (χ0) is 23.2. The van der Waals surface area contributed by atoms with E-state index >= 15 is 0 Å². The first kappa shape index (κ1) is 20.6. The predicted octanol–water partition coefficient (Wildman–Crippen LogP) is 5.74. The number of halogens is 1. The molecule has 0 saturated heterocycles. The fourth-order valence-corrected chi connectivity index (χ4v) is 5.23. The summed E-state index contributed by atoms with van der Waals surface area (Å²) in [5.74, 6) is 1.53. The van der Waals surface area contributed by atoms with Crippen molar-refractivity contribution >= 4 is 28.5 Å². The first-order chi connectivity index (χ1) is 16.6. The number of H-pyrrole nitrogens is 1. The van der Waals surface area contributed by atoms with Gasteiger partial charge in [0.05, 0.1) is 11.2 Å². The number of nitrogens with two attached hydrogens (primary N) is 1. The van der Waals surface area contributed by atoms with Crippen LogP contribution < -0.4 is 5.73 Å². The molecule has 0 amide bonds. The van der Waals surface area contributed by atoms with Crippen molar-refractivity contribution < 1.29 is 9.18 Å². The van der Waals surface area contributed by atoms with Crippen LogP contribution in [0.3, 0.4) is 0 Å². The van der Waals surface area contributed by atoms with Crippen molar-refractivity contribution in [3.05, 3.63) is 72.6 Å². The highest BCUT2D eigenvalue weighted by atomic mass is 19.1. The Morgan fingerprint density at radius 3 is 2.65 bits per heavy atom. The summed E-state index contributed by atoms with van der Waals surface area (Å²) in [4.78, 5) is 24.2. The predicted molar refractivity (Wildman–Crippen MR) is 131 cm³/mol. The third kappa shape index (κ3) is 3.36. The van der Waals surface area contributed by atoms with Crippen LogP contribution in [0.2, 0.25) is 0 Å². The first-order valence-corrected chi connectivity index (χ1v) is 11.6. The number of benzene rings is 2. The molecule has 3 N–H and O–H groups in total. The number of imidazole rings is 1. The van der Waals surface area contributed by atoms with Gasteiger partial charge in [0.25, 0.3) is 0 Å². The van der Waals surface area contributed by atoms with Gasteiger partial charge in [-0.3, -0.25) is 4.40 Å². The van der Waals surface area contributed by atoms with Crippen molar-refractivity contribution in [2.24, 2.45) is 5.92 Å². The fourth-order valence-electron chi connectivity index (χ4n) is 5.23. The lowest BCUT2D eigenvalue weighted by atomic mass is 9.82. The molecular formula is C27H24FN5O. The number of fused-ring (bicyclic) bond motifs is 2. The van der Waals surface area contributed by atoms with Crippen molar-refractivity contribution in [2.75, 3.05) is 5.73 Å². The molecule has 2 aromatic carbocycles. The van der Waals surface area contributed by atoms with E-state index < -0.39 is 0 Å². The number of aromatic nitrogens is 4. The summed E-state index contributed by atoms with van der Waals surface area (Å²) in [7, 11) is 0. The SMILES string of the molecule is Nc1nccn2c(C3CCC(C=O)CC3)nc(-c3cc4cccc(-c5ccc(F)cc5)c4[nH]3)c12. The Kier molecular flexibility index (Phi) is 4.90. The van der Waals surface area contributed by atoms with Gasteiger partial charge in [0, 0.05) is 35.2 Å². The van der Waals surface area contributed by atoms with Crippen LogP contribution in [0.1, 0.15) is 37.4 Å². The fraction of sp³-hybridized carbons (Fsp3) is 0.222. The van der Waals surface area contributed by atoms with Gasteiger partial charge in [0.1, 0.15) is 35.0 Å². The molecule has 34 heavy (non-hydrogen) atoms. The zero-order valence-electron chi connectivity index (χ0n) is 18.5. The summed E-state index contributed by atoms with van der Waals surface area (Å²) < 4.78 is 15.5. The molecule has 0 bridgehead atoms. The average molecular weight is 454 g/mol. The average Bonchev–Trinajstić information content (AvgIpc) is 3.47.